The van der Waals surface area contributed by atoms with E-state index in [2.05, 4.69) is 21.2 Å². The summed E-state index contributed by atoms with van der Waals surface area (Å²) in [5.74, 6) is 0.815. The first-order chi connectivity index (χ1) is 8.72. The Bertz CT molecular complexity index is 361. The Kier molecular flexibility index (Phi) is 7.27. The van der Waals surface area contributed by atoms with Crippen molar-refractivity contribution in [2.45, 2.75) is 18.9 Å². The lowest BCUT2D eigenvalue weighted by molar-refractivity contribution is 0.282. The molecule has 0 amide bonds. The molecular weight excluding hydrogens is 296 g/mol. The second-order valence-corrected chi connectivity index (χ2v) is 4.92. The highest BCUT2D eigenvalue weighted by Crippen LogP contribution is 2.27. The van der Waals surface area contributed by atoms with Crippen LogP contribution in [0.2, 0.25) is 0 Å². The third-order valence-electron chi connectivity index (χ3n) is 2.79. The number of rotatable bonds is 8. The number of methoxy groups -OCH3 is 1. The molecule has 1 rings (SSSR count). The zero-order chi connectivity index (χ0) is 13.4. The van der Waals surface area contributed by atoms with E-state index < -0.39 is 0 Å². The summed E-state index contributed by atoms with van der Waals surface area (Å²) in [7, 11) is 1.65. The molecule has 1 aromatic rings. The Balaban J connectivity index is 2.61. The summed E-state index contributed by atoms with van der Waals surface area (Å²) in [6.45, 7) is 1.63. The highest BCUT2D eigenvalue weighted by atomic mass is 79.9. The summed E-state index contributed by atoms with van der Waals surface area (Å²) in [5.41, 5.74) is 6.92. The Morgan fingerprint density at radius 1 is 1.44 bits per heavy atom. The number of hydrogen-bond acceptors (Lipinski definition) is 4. The Morgan fingerprint density at radius 3 is 2.78 bits per heavy atom. The molecule has 0 saturated heterocycles. The quantitative estimate of drug-likeness (QED) is 0.640. The first-order valence-electron chi connectivity index (χ1n) is 6.10. The van der Waals surface area contributed by atoms with E-state index in [1.54, 1.807) is 7.11 Å². The normalized spacial score (nSPS) is 12.4. The lowest BCUT2D eigenvalue weighted by Crippen LogP contribution is -2.29. The van der Waals surface area contributed by atoms with Gasteiger partial charge >= 0.3 is 0 Å². The van der Waals surface area contributed by atoms with Gasteiger partial charge in [0, 0.05) is 19.2 Å². The van der Waals surface area contributed by atoms with Crippen LogP contribution in [0, 0.1) is 0 Å². The van der Waals surface area contributed by atoms with E-state index in [1.807, 2.05) is 18.2 Å². The van der Waals surface area contributed by atoms with Crippen molar-refractivity contribution in [1.29, 1.82) is 0 Å². The van der Waals surface area contributed by atoms with Crippen LogP contribution < -0.4 is 15.8 Å². The molecule has 1 atom stereocenters. The van der Waals surface area contributed by atoms with Crippen LogP contribution in [-0.4, -0.2) is 31.9 Å². The standard InChI is InChI=1S/C13H21BrN2O2/c1-18-13-5-4-10(8-11(13)14)12(9-15)16-6-2-3-7-17/h4-5,8,12,16-17H,2-3,6-7,9,15H2,1H3. The molecular formula is C13H21BrN2O2. The number of benzene rings is 1. The van der Waals surface area contributed by atoms with E-state index in [1.165, 1.54) is 0 Å². The lowest BCUT2D eigenvalue weighted by Gasteiger charge is -2.18. The van der Waals surface area contributed by atoms with Crippen LogP contribution in [0.15, 0.2) is 22.7 Å². The molecule has 102 valence electrons. The molecule has 0 fully saturated rings. The third kappa shape index (κ3) is 4.57. The molecule has 0 aliphatic carbocycles. The van der Waals surface area contributed by atoms with Gasteiger partial charge in [0.05, 0.1) is 11.6 Å². The van der Waals surface area contributed by atoms with Crippen LogP contribution >= 0.6 is 15.9 Å². The largest absolute Gasteiger partial charge is 0.496 e. The number of nitrogens with two attached hydrogens (primary N) is 1. The van der Waals surface area contributed by atoms with Gasteiger partial charge in [-0.2, -0.15) is 0 Å². The van der Waals surface area contributed by atoms with Gasteiger partial charge < -0.3 is 20.9 Å². The number of aliphatic hydroxyl groups is 1. The molecule has 0 radical (unpaired) electrons. The van der Waals surface area contributed by atoms with Gasteiger partial charge in [-0.1, -0.05) is 6.07 Å². The molecule has 4 nitrogen and oxygen atoms in total. The van der Waals surface area contributed by atoms with Crippen molar-refractivity contribution in [3.8, 4) is 5.75 Å². The van der Waals surface area contributed by atoms with Crippen molar-refractivity contribution >= 4 is 15.9 Å². The predicted octanol–water partition coefficient (Wildman–Crippen LogP) is 1.82. The van der Waals surface area contributed by atoms with E-state index in [4.69, 9.17) is 15.6 Å². The summed E-state index contributed by atoms with van der Waals surface area (Å²) in [4.78, 5) is 0. The Hall–Kier alpha value is -0.620. The molecule has 1 aromatic carbocycles. The van der Waals surface area contributed by atoms with Crippen LogP contribution in [0.4, 0.5) is 0 Å². The fraction of sp³-hybridized carbons (Fsp3) is 0.538. The predicted molar refractivity (Wildman–Crippen MR) is 76.8 cm³/mol. The monoisotopic (exact) mass is 316 g/mol. The maximum atomic E-state index is 8.73. The number of ether oxygens (including phenoxy) is 1. The molecule has 0 saturated carbocycles. The maximum absolute atomic E-state index is 8.73. The average molecular weight is 317 g/mol. The minimum Gasteiger partial charge on any atom is -0.496 e. The second kappa shape index (κ2) is 8.48. The van der Waals surface area contributed by atoms with Gasteiger partial charge in [0.25, 0.3) is 0 Å². The third-order valence-corrected chi connectivity index (χ3v) is 3.41. The molecule has 0 aliphatic heterocycles. The lowest BCUT2D eigenvalue weighted by atomic mass is 10.1. The van der Waals surface area contributed by atoms with Crippen molar-refractivity contribution in [1.82, 2.24) is 5.32 Å². The summed E-state index contributed by atoms with van der Waals surface area (Å²) >= 11 is 3.47. The molecule has 0 aliphatic rings. The van der Waals surface area contributed by atoms with Crippen LogP contribution in [0.25, 0.3) is 0 Å². The zero-order valence-corrected chi connectivity index (χ0v) is 12.2. The van der Waals surface area contributed by atoms with E-state index in [-0.39, 0.29) is 12.6 Å². The number of nitrogens with one attached hydrogen (secondary N) is 1. The van der Waals surface area contributed by atoms with Gasteiger partial charge in [0.2, 0.25) is 0 Å². The van der Waals surface area contributed by atoms with Crippen molar-refractivity contribution in [2.75, 3.05) is 26.8 Å². The first kappa shape index (κ1) is 15.4. The van der Waals surface area contributed by atoms with Gasteiger partial charge in [0.1, 0.15) is 5.75 Å². The van der Waals surface area contributed by atoms with Gasteiger partial charge in [-0.25, -0.2) is 0 Å². The van der Waals surface area contributed by atoms with Crippen LogP contribution in [0.1, 0.15) is 24.4 Å². The van der Waals surface area contributed by atoms with Crippen LogP contribution in [-0.2, 0) is 0 Å². The van der Waals surface area contributed by atoms with E-state index in [0.717, 1.165) is 35.2 Å². The van der Waals surface area contributed by atoms with E-state index >= 15 is 0 Å². The highest BCUT2D eigenvalue weighted by Gasteiger charge is 2.10. The van der Waals surface area contributed by atoms with E-state index in [0.29, 0.717) is 6.54 Å². The first-order valence-corrected chi connectivity index (χ1v) is 6.90. The SMILES string of the molecule is COc1ccc(C(CN)NCCCCO)cc1Br. The molecule has 18 heavy (non-hydrogen) atoms. The highest BCUT2D eigenvalue weighted by molar-refractivity contribution is 9.10. The summed E-state index contributed by atoms with van der Waals surface area (Å²) in [5, 5.41) is 12.1. The maximum Gasteiger partial charge on any atom is 0.133 e. The molecule has 1 unspecified atom stereocenters. The summed E-state index contributed by atoms with van der Waals surface area (Å²) < 4.78 is 6.13. The number of unbranched alkanes of at least 4 members (excludes halogenated alkanes) is 1. The van der Waals surface area contributed by atoms with E-state index in [9.17, 15) is 0 Å². The topological polar surface area (TPSA) is 67.5 Å². The Labute approximate surface area is 117 Å². The molecule has 5 heteroatoms. The fourth-order valence-electron chi connectivity index (χ4n) is 1.75. The average Bonchev–Trinajstić information content (AvgIpc) is 2.39. The smallest absolute Gasteiger partial charge is 0.133 e. The number of halogens is 1. The van der Waals surface area contributed by atoms with Crippen LogP contribution in [0.5, 0.6) is 5.75 Å². The van der Waals surface area contributed by atoms with Gasteiger partial charge in [-0.3, -0.25) is 0 Å². The molecule has 4 N–H and O–H groups in total. The molecule has 0 heterocycles. The Morgan fingerprint density at radius 2 is 2.22 bits per heavy atom. The van der Waals surface area contributed by atoms with Gasteiger partial charge in [0.15, 0.2) is 0 Å². The second-order valence-electron chi connectivity index (χ2n) is 4.07. The minimum absolute atomic E-state index is 0.130. The zero-order valence-electron chi connectivity index (χ0n) is 10.7. The summed E-state index contributed by atoms with van der Waals surface area (Å²) in [6, 6.07) is 6.10. The molecule has 0 aromatic heterocycles. The fourth-order valence-corrected chi connectivity index (χ4v) is 2.31. The molecule has 0 bridgehead atoms. The van der Waals surface area contributed by atoms with Crippen molar-refractivity contribution in [3.05, 3.63) is 28.2 Å². The number of hydrogen-bond donors (Lipinski definition) is 3. The van der Waals surface area contributed by atoms with Gasteiger partial charge in [-0.15, -0.1) is 0 Å². The van der Waals surface area contributed by atoms with Crippen molar-refractivity contribution in [3.63, 3.8) is 0 Å². The molecule has 0 spiro atoms. The van der Waals surface area contributed by atoms with Gasteiger partial charge in [-0.05, 0) is 53.0 Å². The van der Waals surface area contributed by atoms with Crippen molar-refractivity contribution < 1.29 is 9.84 Å². The minimum atomic E-state index is 0.130. The number of aliphatic hydroxyl groups excluding tert-OH is 1. The summed E-state index contributed by atoms with van der Waals surface area (Å²) in [6.07, 6.45) is 1.76. The van der Waals surface area contributed by atoms with Crippen LogP contribution in [0.3, 0.4) is 0 Å². The van der Waals surface area contributed by atoms with Crippen molar-refractivity contribution in [2.24, 2.45) is 5.73 Å².